The molecule has 0 spiro atoms. The van der Waals surface area contributed by atoms with E-state index in [9.17, 15) is 4.39 Å². The van der Waals surface area contributed by atoms with Gasteiger partial charge in [0.2, 0.25) is 0 Å². The first kappa shape index (κ1) is 12.7. The van der Waals surface area contributed by atoms with Crippen LogP contribution in [0.5, 0.6) is 0 Å². The molecular weight excluding hydrogens is 313 g/mol. The highest BCUT2D eigenvalue weighted by Crippen LogP contribution is 2.30. The van der Waals surface area contributed by atoms with Crippen LogP contribution in [-0.2, 0) is 0 Å². The normalized spacial score (nSPS) is 19.6. The highest BCUT2D eigenvalue weighted by molar-refractivity contribution is 9.10. The zero-order chi connectivity index (χ0) is 13.2. The Balaban J connectivity index is 1.90. The molecule has 0 radical (unpaired) electrons. The van der Waals surface area contributed by atoms with Crippen molar-refractivity contribution in [1.29, 1.82) is 0 Å². The molecule has 0 aliphatic carbocycles. The Kier molecular flexibility index (Phi) is 3.61. The van der Waals surface area contributed by atoms with Crippen molar-refractivity contribution >= 4 is 15.9 Å². The van der Waals surface area contributed by atoms with Gasteiger partial charge in [0.15, 0.2) is 5.82 Å². The molecular formula is C13H13BrFN3O. The van der Waals surface area contributed by atoms with Crippen molar-refractivity contribution in [3.8, 4) is 11.5 Å². The molecule has 2 heterocycles. The predicted octanol–water partition coefficient (Wildman–Crippen LogP) is 3.45. The zero-order valence-corrected chi connectivity index (χ0v) is 11.8. The van der Waals surface area contributed by atoms with E-state index in [0.29, 0.717) is 21.8 Å². The van der Waals surface area contributed by atoms with Gasteiger partial charge in [0.25, 0.3) is 5.89 Å². The summed E-state index contributed by atoms with van der Waals surface area (Å²) in [7, 11) is 0. The first-order valence-electron chi connectivity index (χ1n) is 6.27. The molecule has 1 atom stereocenters. The molecule has 1 aliphatic rings. The minimum absolute atomic E-state index is 0.138. The Morgan fingerprint density at radius 2 is 2.26 bits per heavy atom. The number of nitrogens with one attached hydrogen (secondary N) is 1. The van der Waals surface area contributed by atoms with Crippen LogP contribution in [0.25, 0.3) is 11.5 Å². The van der Waals surface area contributed by atoms with E-state index in [2.05, 4.69) is 31.4 Å². The molecule has 100 valence electrons. The summed E-state index contributed by atoms with van der Waals surface area (Å²) in [5.41, 5.74) is 0.578. The van der Waals surface area contributed by atoms with E-state index in [1.54, 1.807) is 12.1 Å². The van der Waals surface area contributed by atoms with Crippen LogP contribution in [0.4, 0.5) is 4.39 Å². The molecule has 1 unspecified atom stereocenters. The second kappa shape index (κ2) is 5.38. The highest BCUT2D eigenvalue weighted by atomic mass is 79.9. The summed E-state index contributed by atoms with van der Waals surface area (Å²) in [5.74, 6) is 0.646. The second-order valence-corrected chi connectivity index (χ2v) is 5.35. The van der Waals surface area contributed by atoms with Crippen LogP contribution in [0.1, 0.15) is 31.1 Å². The Morgan fingerprint density at radius 1 is 1.37 bits per heavy atom. The van der Waals surface area contributed by atoms with Gasteiger partial charge in [-0.05, 0) is 47.4 Å². The number of nitrogens with zero attached hydrogens (tertiary/aromatic N) is 2. The summed E-state index contributed by atoms with van der Waals surface area (Å²) >= 11 is 3.20. The van der Waals surface area contributed by atoms with Gasteiger partial charge in [0, 0.05) is 0 Å². The minimum Gasteiger partial charge on any atom is -0.334 e. The fourth-order valence-corrected chi connectivity index (χ4v) is 2.66. The van der Waals surface area contributed by atoms with Crippen molar-refractivity contribution in [2.75, 3.05) is 6.54 Å². The van der Waals surface area contributed by atoms with E-state index in [-0.39, 0.29) is 11.9 Å². The second-order valence-electron chi connectivity index (χ2n) is 4.56. The molecule has 0 saturated carbocycles. The third kappa shape index (κ3) is 2.55. The first-order chi connectivity index (χ1) is 9.25. The van der Waals surface area contributed by atoms with Crippen molar-refractivity contribution in [1.82, 2.24) is 15.5 Å². The van der Waals surface area contributed by atoms with Crippen molar-refractivity contribution in [3.05, 3.63) is 34.3 Å². The predicted molar refractivity (Wildman–Crippen MR) is 72.0 cm³/mol. The summed E-state index contributed by atoms with van der Waals surface area (Å²) in [4.78, 5) is 4.37. The fraction of sp³-hybridized carbons (Fsp3) is 0.385. The Bertz CT molecular complexity index is 581. The summed E-state index contributed by atoms with van der Waals surface area (Å²) in [5, 5.41) is 7.35. The van der Waals surface area contributed by atoms with Gasteiger partial charge in [-0.2, -0.15) is 4.98 Å². The van der Waals surface area contributed by atoms with Crippen LogP contribution in [0.3, 0.4) is 0 Å². The number of piperidine rings is 1. The fourth-order valence-electron chi connectivity index (χ4n) is 2.23. The Morgan fingerprint density at radius 3 is 3.05 bits per heavy atom. The highest BCUT2D eigenvalue weighted by Gasteiger charge is 2.21. The molecule has 1 aliphatic heterocycles. The maximum Gasteiger partial charge on any atom is 0.259 e. The SMILES string of the molecule is Fc1cccc(-c2nc(C3CCCCN3)no2)c1Br. The summed E-state index contributed by atoms with van der Waals surface area (Å²) in [6, 6.07) is 4.89. The number of aromatic nitrogens is 2. The molecule has 1 aromatic carbocycles. The lowest BCUT2D eigenvalue weighted by Crippen LogP contribution is -2.27. The summed E-state index contributed by atoms with van der Waals surface area (Å²) in [6.45, 7) is 0.970. The van der Waals surface area contributed by atoms with Crippen LogP contribution in [-0.4, -0.2) is 16.7 Å². The Labute approximate surface area is 118 Å². The van der Waals surface area contributed by atoms with Gasteiger partial charge in [-0.25, -0.2) is 4.39 Å². The molecule has 1 fully saturated rings. The number of hydrogen-bond acceptors (Lipinski definition) is 4. The quantitative estimate of drug-likeness (QED) is 0.918. The lowest BCUT2D eigenvalue weighted by molar-refractivity contribution is 0.367. The zero-order valence-electron chi connectivity index (χ0n) is 10.2. The standard InChI is InChI=1S/C13H13BrFN3O/c14-11-8(4-3-5-9(11)15)13-17-12(18-19-13)10-6-1-2-7-16-10/h3-5,10,16H,1-2,6-7H2. The Hall–Kier alpha value is -1.27. The maximum atomic E-state index is 13.5. The van der Waals surface area contributed by atoms with Crippen molar-refractivity contribution in [2.24, 2.45) is 0 Å². The molecule has 4 nitrogen and oxygen atoms in total. The summed E-state index contributed by atoms with van der Waals surface area (Å²) in [6.07, 6.45) is 3.34. The number of rotatable bonds is 2. The molecule has 1 aromatic heterocycles. The van der Waals surface area contributed by atoms with Gasteiger partial charge in [0.05, 0.1) is 16.1 Å². The monoisotopic (exact) mass is 325 g/mol. The maximum absolute atomic E-state index is 13.5. The number of hydrogen-bond donors (Lipinski definition) is 1. The number of benzene rings is 1. The van der Waals surface area contributed by atoms with Crippen LogP contribution < -0.4 is 5.32 Å². The van der Waals surface area contributed by atoms with E-state index in [4.69, 9.17) is 4.52 Å². The molecule has 1 N–H and O–H groups in total. The molecule has 0 amide bonds. The van der Waals surface area contributed by atoms with E-state index >= 15 is 0 Å². The van der Waals surface area contributed by atoms with E-state index < -0.39 is 0 Å². The van der Waals surface area contributed by atoms with Crippen molar-refractivity contribution in [2.45, 2.75) is 25.3 Å². The van der Waals surface area contributed by atoms with Crippen molar-refractivity contribution < 1.29 is 8.91 Å². The van der Waals surface area contributed by atoms with E-state index in [1.807, 2.05) is 0 Å². The van der Waals surface area contributed by atoms with Crippen molar-refractivity contribution in [3.63, 3.8) is 0 Å². The van der Waals surface area contributed by atoms with Gasteiger partial charge in [-0.3, -0.25) is 0 Å². The minimum atomic E-state index is -0.340. The van der Waals surface area contributed by atoms with Crippen LogP contribution in [0.15, 0.2) is 27.2 Å². The van der Waals surface area contributed by atoms with Crippen LogP contribution >= 0.6 is 15.9 Å². The van der Waals surface area contributed by atoms with Gasteiger partial charge in [-0.15, -0.1) is 0 Å². The third-order valence-electron chi connectivity index (χ3n) is 3.25. The van der Waals surface area contributed by atoms with Crippen LogP contribution in [0, 0.1) is 5.82 Å². The van der Waals surface area contributed by atoms with Gasteiger partial charge >= 0.3 is 0 Å². The van der Waals surface area contributed by atoms with Gasteiger partial charge in [-0.1, -0.05) is 17.6 Å². The first-order valence-corrected chi connectivity index (χ1v) is 7.06. The molecule has 19 heavy (non-hydrogen) atoms. The molecule has 0 bridgehead atoms. The third-order valence-corrected chi connectivity index (χ3v) is 4.05. The molecule has 3 rings (SSSR count). The lowest BCUT2D eigenvalue weighted by Gasteiger charge is -2.19. The van der Waals surface area contributed by atoms with Crippen LogP contribution in [0.2, 0.25) is 0 Å². The molecule has 1 saturated heterocycles. The van der Waals surface area contributed by atoms with E-state index in [1.165, 1.54) is 12.5 Å². The smallest absolute Gasteiger partial charge is 0.259 e. The van der Waals surface area contributed by atoms with Gasteiger partial charge in [0.1, 0.15) is 5.82 Å². The lowest BCUT2D eigenvalue weighted by atomic mass is 10.0. The molecule has 6 heteroatoms. The average Bonchev–Trinajstić information content (AvgIpc) is 2.92. The summed E-state index contributed by atoms with van der Waals surface area (Å²) < 4.78 is 19.1. The number of halogens is 2. The topological polar surface area (TPSA) is 51.0 Å². The average molecular weight is 326 g/mol. The largest absolute Gasteiger partial charge is 0.334 e. The van der Waals surface area contributed by atoms with Gasteiger partial charge < -0.3 is 9.84 Å². The van der Waals surface area contributed by atoms with E-state index in [0.717, 1.165) is 19.4 Å². The molecule has 2 aromatic rings.